The first kappa shape index (κ1) is 20.5. The lowest BCUT2D eigenvalue weighted by molar-refractivity contribution is -0.139. The molecule has 126 valence electrons. The molecule has 2 atom stereocenters. The topological polar surface area (TPSA) is 153 Å². The van der Waals surface area contributed by atoms with E-state index in [1.54, 1.807) is 0 Å². The Labute approximate surface area is 134 Å². The van der Waals surface area contributed by atoms with Crippen LogP contribution in [0.3, 0.4) is 0 Å². The molecule has 0 saturated carbocycles. The lowest BCUT2D eigenvalue weighted by Gasteiger charge is -2.14. The molecule has 0 saturated heterocycles. The van der Waals surface area contributed by atoms with Crippen molar-refractivity contribution in [3.05, 3.63) is 10.4 Å². The van der Waals surface area contributed by atoms with Crippen molar-refractivity contribution >= 4 is 23.0 Å². The van der Waals surface area contributed by atoms with E-state index in [2.05, 4.69) is 20.3 Å². The van der Waals surface area contributed by atoms with E-state index >= 15 is 0 Å². The molecular formula is C12H24N6O3S. The molecule has 0 radical (unpaired) electrons. The summed E-state index contributed by atoms with van der Waals surface area (Å²) in [5.74, 6) is -1.01. The van der Waals surface area contributed by atoms with Gasteiger partial charge in [0.05, 0.1) is 12.6 Å². The second kappa shape index (κ2) is 13.2. The Hall–Kier alpha value is -1.48. The summed E-state index contributed by atoms with van der Waals surface area (Å²) in [6.07, 6.45) is 4.09. The second-order valence-corrected chi connectivity index (χ2v) is 5.61. The fourth-order valence-corrected chi connectivity index (χ4v) is 2.36. The number of hydrogen-bond donors (Lipinski definition) is 4. The number of carboxylic acids is 1. The molecule has 0 amide bonds. The number of nitrogens with two attached hydrogens (primary N) is 1. The van der Waals surface area contributed by atoms with Crippen LogP contribution in [0.5, 0.6) is 0 Å². The Morgan fingerprint density at radius 3 is 2.68 bits per heavy atom. The minimum atomic E-state index is -1.01. The van der Waals surface area contributed by atoms with Gasteiger partial charge in [0.25, 0.3) is 0 Å². The molecule has 0 spiro atoms. The second-order valence-electron chi connectivity index (χ2n) is 4.77. The fourth-order valence-electron chi connectivity index (χ4n) is 1.61. The number of carboxylic acid groups (broad SMARTS) is 1. The highest BCUT2D eigenvalue weighted by atomic mass is 32.2. The van der Waals surface area contributed by atoms with Gasteiger partial charge in [-0.2, -0.15) is 4.91 Å². The number of azide groups is 1. The summed E-state index contributed by atoms with van der Waals surface area (Å²) >= 11 is 0.766. The van der Waals surface area contributed by atoms with Gasteiger partial charge >= 0.3 is 5.97 Å². The van der Waals surface area contributed by atoms with Gasteiger partial charge in [0.2, 0.25) is 5.12 Å². The van der Waals surface area contributed by atoms with Crippen molar-refractivity contribution in [2.45, 2.75) is 57.5 Å². The van der Waals surface area contributed by atoms with Crippen LogP contribution >= 0.6 is 11.9 Å². The van der Waals surface area contributed by atoms with Crippen LogP contribution < -0.4 is 15.9 Å². The van der Waals surface area contributed by atoms with Gasteiger partial charge in [-0.05, 0) is 42.9 Å². The molecule has 22 heavy (non-hydrogen) atoms. The summed E-state index contributed by atoms with van der Waals surface area (Å²) < 4.78 is 2.66. The third kappa shape index (κ3) is 10.3. The minimum absolute atomic E-state index is 0.246. The molecule has 0 aromatic carbocycles. The fraction of sp³-hybridized carbons (Fsp3) is 0.833. The van der Waals surface area contributed by atoms with Gasteiger partial charge in [-0.15, -0.1) is 5.53 Å². The summed E-state index contributed by atoms with van der Waals surface area (Å²) in [6, 6.07) is -1.38. The normalized spacial score (nSPS) is 13.0. The lowest BCUT2D eigenvalue weighted by atomic mass is 10.1. The predicted octanol–water partition coefficient (Wildman–Crippen LogP) is 1.71. The maximum Gasteiger partial charge on any atom is 0.321 e. The van der Waals surface area contributed by atoms with Crippen LogP contribution in [0.4, 0.5) is 0 Å². The summed E-state index contributed by atoms with van der Waals surface area (Å²) in [5.41, 5.74) is 16.3. The highest BCUT2D eigenvalue weighted by Gasteiger charge is 2.20. The molecule has 0 bridgehead atoms. The molecule has 5 N–H and O–H groups in total. The highest BCUT2D eigenvalue weighted by Crippen LogP contribution is 2.10. The van der Waals surface area contributed by atoms with E-state index in [9.17, 15) is 9.59 Å². The molecule has 0 aromatic rings. The van der Waals surface area contributed by atoms with Crippen molar-refractivity contribution in [3.8, 4) is 0 Å². The molecule has 0 heterocycles. The van der Waals surface area contributed by atoms with E-state index in [-0.39, 0.29) is 5.12 Å². The van der Waals surface area contributed by atoms with Crippen LogP contribution in [0.1, 0.15) is 45.4 Å². The summed E-state index contributed by atoms with van der Waals surface area (Å²) in [7, 11) is 0. The number of nitrogens with one attached hydrogen (secondary N) is 2. The third-order valence-electron chi connectivity index (χ3n) is 2.92. The Bertz CT molecular complexity index is 389. The van der Waals surface area contributed by atoms with Crippen LogP contribution in [0, 0.1) is 0 Å². The lowest BCUT2D eigenvalue weighted by Crippen LogP contribution is -2.36. The van der Waals surface area contributed by atoms with Crippen molar-refractivity contribution in [3.63, 3.8) is 0 Å². The van der Waals surface area contributed by atoms with Gasteiger partial charge in [0.1, 0.15) is 6.04 Å². The minimum Gasteiger partial charge on any atom is -0.480 e. The standard InChI is InChI=1S/C12H24N6O3S/c1-2-3-6-9(13)12(21)22-16-10(11(19)20)7-4-5-8-15-18-17-14/h9-10,15-16H,2-8,13H2,1H3,(H,19,20)/t9-,10-/m0/s1. The van der Waals surface area contributed by atoms with Gasteiger partial charge in [0, 0.05) is 0 Å². The Kier molecular flexibility index (Phi) is 12.3. The Morgan fingerprint density at radius 2 is 2.09 bits per heavy atom. The molecule has 0 unspecified atom stereocenters. The van der Waals surface area contributed by atoms with E-state index in [0.717, 1.165) is 24.8 Å². The average molecular weight is 332 g/mol. The first-order valence-corrected chi connectivity index (χ1v) is 8.06. The Balaban J connectivity index is 4.01. The number of carbonyl (C=O) groups is 2. The smallest absolute Gasteiger partial charge is 0.321 e. The van der Waals surface area contributed by atoms with Crippen molar-refractivity contribution in [1.82, 2.24) is 10.1 Å². The molecule has 9 nitrogen and oxygen atoms in total. The highest BCUT2D eigenvalue weighted by molar-refractivity contribution is 8.12. The zero-order valence-electron chi connectivity index (χ0n) is 12.7. The van der Waals surface area contributed by atoms with E-state index in [4.69, 9.17) is 16.4 Å². The maximum atomic E-state index is 11.8. The first-order valence-electron chi connectivity index (χ1n) is 7.24. The Morgan fingerprint density at radius 1 is 1.36 bits per heavy atom. The number of hydrogen-bond acceptors (Lipinski definition) is 6. The summed E-state index contributed by atoms with van der Waals surface area (Å²) in [6.45, 7) is 2.49. The average Bonchev–Trinajstić information content (AvgIpc) is 2.50. The zero-order valence-corrected chi connectivity index (χ0v) is 13.5. The summed E-state index contributed by atoms with van der Waals surface area (Å²) in [5, 5.41) is 12.0. The molecule has 0 aliphatic carbocycles. The maximum absolute atomic E-state index is 11.8. The van der Waals surface area contributed by atoms with Gasteiger partial charge in [-0.3, -0.25) is 15.0 Å². The monoisotopic (exact) mass is 332 g/mol. The van der Waals surface area contributed by atoms with E-state index in [1.165, 1.54) is 0 Å². The van der Waals surface area contributed by atoms with Crippen LogP contribution in [0.2, 0.25) is 0 Å². The molecule has 0 aliphatic rings. The summed E-state index contributed by atoms with van der Waals surface area (Å²) in [4.78, 5) is 25.4. The van der Waals surface area contributed by atoms with Gasteiger partial charge in [0.15, 0.2) is 0 Å². The van der Waals surface area contributed by atoms with Crippen molar-refractivity contribution in [2.24, 2.45) is 11.0 Å². The molecule has 0 fully saturated rings. The van der Waals surface area contributed by atoms with Crippen LogP contribution in [0.15, 0.2) is 5.22 Å². The van der Waals surface area contributed by atoms with Gasteiger partial charge in [-0.25, -0.2) is 4.72 Å². The molecule has 0 rings (SSSR count). The van der Waals surface area contributed by atoms with E-state index in [1.807, 2.05) is 6.92 Å². The van der Waals surface area contributed by atoms with Crippen LogP contribution in [-0.4, -0.2) is 34.8 Å². The van der Waals surface area contributed by atoms with Crippen molar-refractivity contribution in [2.75, 3.05) is 6.54 Å². The SMILES string of the molecule is CCCC[C@H](N)C(=O)SN[C@@H](CCCCNN=[N+]=[N-])C(=O)O. The largest absolute Gasteiger partial charge is 0.480 e. The van der Waals surface area contributed by atoms with Gasteiger partial charge in [-0.1, -0.05) is 19.8 Å². The first-order chi connectivity index (χ1) is 10.5. The number of rotatable bonds is 13. The number of nitrogens with zero attached hydrogens (tertiary/aromatic N) is 3. The van der Waals surface area contributed by atoms with Crippen LogP contribution in [0.25, 0.3) is 10.4 Å². The third-order valence-corrected chi connectivity index (χ3v) is 3.82. The predicted molar refractivity (Wildman–Crippen MR) is 85.7 cm³/mol. The van der Waals surface area contributed by atoms with E-state index in [0.29, 0.717) is 32.2 Å². The zero-order chi connectivity index (χ0) is 16.8. The number of unbranched alkanes of at least 4 members (excludes halogenated alkanes) is 2. The van der Waals surface area contributed by atoms with Crippen molar-refractivity contribution in [1.29, 1.82) is 0 Å². The van der Waals surface area contributed by atoms with Crippen molar-refractivity contribution < 1.29 is 14.7 Å². The number of carbonyl (C=O) groups excluding carboxylic acids is 1. The number of aliphatic carboxylic acids is 1. The quantitative estimate of drug-likeness (QED) is 0.0999. The molecule has 0 aromatic heterocycles. The molecular weight excluding hydrogens is 308 g/mol. The molecule has 0 aliphatic heterocycles. The molecule has 10 heteroatoms. The van der Waals surface area contributed by atoms with Gasteiger partial charge < -0.3 is 10.8 Å². The van der Waals surface area contributed by atoms with Crippen LogP contribution in [-0.2, 0) is 9.59 Å². The van der Waals surface area contributed by atoms with E-state index < -0.39 is 18.1 Å².